The Morgan fingerprint density at radius 3 is 2.58 bits per heavy atom. The summed E-state index contributed by atoms with van der Waals surface area (Å²) >= 11 is 0. The number of alkyl halides is 3. The number of para-hydroxylation sites is 1. The van der Waals surface area contributed by atoms with Crippen LogP contribution in [-0.4, -0.2) is 12.1 Å². The summed E-state index contributed by atoms with van der Waals surface area (Å²) < 4.78 is 50.8. The number of methoxy groups -OCH3 is 1. The average molecular weight is 357 g/mol. The summed E-state index contributed by atoms with van der Waals surface area (Å²) in [6, 6.07) is 14.8. The molecule has 4 rings (SSSR count). The molecule has 1 unspecified atom stereocenters. The maximum atomic E-state index is 13.3. The van der Waals surface area contributed by atoms with Gasteiger partial charge >= 0.3 is 6.18 Å². The second-order valence-electron chi connectivity index (χ2n) is 5.90. The molecule has 1 aliphatic heterocycles. The summed E-state index contributed by atoms with van der Waals surface area (Å²) in [6.45, 7) is 0. The summed E-state index contributed by atoms with van der Waals surface area (Å²) in [4.78, 5) is 4.57. The number of fused-ring (bicyclic) bond motifs is 2. The molecule has 26 heavy (non-hydrogen) atoms. The van der Waals surface area contributed by atoms with Crippen LogP contribution in [0.2, 0.25) is 0 Å². The minimum absolute atomic E-state index is 0.0210. The minimum atomic E-state index is -4.45. The first-order valence-corrected chi connectivity index (χ1v) is 7.95. The third-order valence-corrected chi connectivity index (χ3v) is 4.24. The van der Waals surface area contributed by atoms with Crippen LogP contribution in [0.25, 0.3) is 22.7 Å². The van der Waals surface area contributed by atoms with Crippen molar-refractivity contribution >= 4 is 22.7 Å². The number of aromatic nitrogens is 1. The van der Waals surface area contributed by atoms with Crippen molar-refractivity contribution in [3.63, 3.8) is 0 Å². The van der Waals surface area contributed by atoms with E-state index in [1.165, 1.54) is 25.3 Å². The first-order chi connectivity index (χ1) is 12.5. The monoisotopic (exact) mass is 357 g/mol. The van der Waals surface area contributed by atoms with Crippen LogP contribution in [-0.2, 0) is 15.7 Å². The van der Waals surface area contributed by atoms with Crippen LogP contribution in [0.1, 0.15) is 28.7 Å². The average Bonchev–Trinajstić information content (AvgIpc) is 2.96. The lowest BCUT2D eigenvalue weighted by molar-refractivity contribution is -0.137. The van der Waals surface area contributed by atoms with E-state index in [1.807, 2.05) is 30.3 Å². The lowest BCUT2D eigenvalue weighted by Gasteiger charge is -2.11. The highest BCUT2D eigenvalue weighted by Crippen LogP contribution is 2.41. The number of pyridine rings is 1. The number of ether oxygens (including phenoxy) is 2. The predicted octanol–water partition coefficient (Wildman–Crippen LogP) is 5.43. The standard InChI is InChI=1S/C20H14F3NO2/c1-25-19-14-10-13-7-3-5-9-16(13)24-18(14)17(26-19)11-12-6-2-4-8-15(12)20(21,22)23/h2-11,19H,1H3/b17-11-. The molecule has 3 nitrogen and oxygen atoms in total. The summed E-state index contributed by atoms with van der Waals surface area (Å²) in [7, 11) is 1.48. The highest BCUT2D eigenvalue weighted by molar-refractivity contribution is 5.86. The number of nitrogens with zero attached hydrogens (tertiary/aromatic N) is 1. The third kappa shape index (κ3) is 2.82. The lowest BCUT2D eigenvalue weighted by atomic mass is 10.0. The molecule has 0 bridgehead atoms. The highest BCUT2D eigenvalue weighted by Gasteiger charge is 2.34. The first kappa shape index (κ1) is 16.6. The van der Waals surface area contributed by atoms with Gasteiger partial charge < -0.3 is 9.47 Å². The predicted molar refractivity (Wildman–Crippen MR) is 91.9 cm³/mol. The molecule has 0 fully saturated rings. The van der Waals surface area contributed by atoms with Crippen LogP contribution >= 0.6 is 0 Å². The molecule has 2 heterocycles. The van der Waals surface area contributed by atoms with Crippen LogP contribution in [0, 0.1) is 0 Å². The van der Waals surface area contributed by atoms with Gasteiger partial charge in [-0.2, -0.15) is 13.2 Å². The van der Waals surface area contributed by atoms with Gasteiger partial charge in [0.15, 0.2) is 0 Å². The van der Waals surface area contributed by atoms with Gasteiger partial charge in [-0.05, 0) is 29.8 Å². The van der Waals surface area contributed by atoms with E-state index in [1.54, 1.807) is 6.07 Å². The van der Waals surface area contributed by atoms with Crippen molar-refractivity contribution in [2.45, 2.75) is 12.5 Å². The molecule has 0 radical (unpaired) electrons. The van der Waals surface area contributed by atoms with Crippen molar-refractivity contribution in [1.29, 1.82) is 0 Å². The molecule has 1 aromatic heterocycles. The van der Waals surface area contributed by atoms with E-state index in [0.717, 1.165) is 17.0 Å². The van der Waals surface area contributed by atoms with E-state index >= 15 is 0 Å². The summed E-state index contributed by atoms with van der Waals surface area (Å²) in [5.74, 6) is 0.259. The Hall–Kier alpha value is -2.86. The molecular formula is C20H14F3NO2. The Kier molecular flexibility index (Phi) is 3.92. The van der Waals surface area contributed by atoms with Crippen molar-refractivity contribution in [2.24, 2.45) is 0 Å². The topological polar surface area (TPSA) is 31.4 Å². The van der Waals surface area contributed by atoms with Gasteiger partial charge in [0.2, 0.25) is 6.29 Å². The molecule has 132 valence electrons. The van der Waals surface area contributed by atoms with Gasteiger partial charge in [-0.25, -0.2) is 4.98 Å². The number of hydrogen-bond acceptors (Lipinski definition) is 3. The summed E-state index contributed by atoms with van der Waals surface area (Å²) in [5, 5.41) is 0.911. The summed E-state index contributed by atoms with van der Waals surface area (Å²) in [5.41, 5.74) is 1.23. The number of rotatable bonds is 2. The first-order valence-electron chi connectivity index (χ1n) is 7.95. The highest BCUT2D eigenvalue weighted by atomic mass is 19.4. The Morgan fingerprint density at radius 1 is 1.08 bits per heavy atom. The van der Waals surface area contributed by atoms with Crippen molar-refractivity contribution in [1.82, 2.24) is 4.98 Å². The van der Waals surface area contributed by atoms with Crippen LogP contribution < -0.4 is 0 Å². The number of halogens is 3. The maximum Gasteiger partial charge on any atom is 0.416 e. The van der Waals surface area contributed by atoms with Gasteiger partial charge in [-0.1, -0.05) is 36.4 Å². The molecule has 0 saturated carbocycles. The van der Waals surface area contributed by atoms with Crippen molar-refractivity contribution in [3.8, 4) is 0 Å². The van der Waals surface area contributed by atoms with Crippen LogP contribution in [0.3, 0.4) is 0 Å². The molecule has 0 spiro atoms. The van der Waals surface area contributed by atoms with Crippen LogP contribution in [0.5, 0.6) is 0 Å². The Bertz CT molecular complexity index is 1010. The quantitative estimate of drug-likeness (QED) is 0.613. The zero-order valence-electron chi connectivity index (χ0n) is 13.7. The fourth-order valence-corrected chi connectivity index (χ4v) is 3.04. The molecular weight excluding hydrogens is 343 g/mol. The van der Waals surface area contributed by atoms with E-state index in [0.29, 0.717) is 11.3 Å². The molecule has 1 atom stereocenters. The second-order valence-corrected chi connectivity index (χ2v) is 5.90. The Morgan fingerprint density at radius 2 is 1.81 bits per heavy atom. The van der Waals surface area contributed by atoms with Gasteiger partial charge in [0.1, 0.15) is 11.5 Å². The molecule has 0 aliphatic carbocycles. The fourth-order valence-electron chi connectivity index (χ4n) is 3.04. The Labute approximate surface area is 147 Å². The van der Waals surface area contributed by atoms with Crippen LogP contribution in [0.4, 0.5) is 13.2 Å². The smallest absolute Gasteiger partial charge is 0.416 e. The van der Waals surface area contributed by atoms with Gasteiger partial charge in [0.25, 0.3) is 0 Å². The molecule has 2 aromatic carbocycles. The van der Waals surface area contributed by atoms with Crippen molar-refractivity contribution in [3.05, 3.63) is 77.0 Å². The van der Waals surface area contributed by atoms with Gasteiger partial charge in [-0.3, -0.25) is 0 Å². The van der Waals surface area contributed by atoms with Crippen molar-refractivity contribution < 1.29 is 22.6 Å². The van der Waals surface area contributed by atoms with E-state index in [9.17, 15) is 13.2 Å². The molecule has 3 aromatic rings. The second kappa shape index (κ2) is 6.14. The number of hydrogen-bond donors (Lipinski definition) is 0. The van der Waals surface area contributed by atoms with E-state index in [-0.39, 0.29) is 11.3 Å². The van der Waals surface area contributed by atoms with Gasteiger partial charge in [-0.15, -0.1) is 0 Å². The molecule has 6 heteroatoms. The Balaban J connectivity index is 1.88. The largest absolute Gasteiger partial charge is 0.458 e. The van der Waals surface area contributed by atoms with Gasteiger partial charge in [0, 0.05) is 12.5 Å². The minimum Gasteiger partial charge on any atom is -0.458 e. The van der Waals surface area contributed by atoms with E-state index in [2.05, 4.69) is 4.98 Å². The summed E-state index contributed by atoms with van der Waals surface area (Å²) in [6.07, 6.45) is -3.79. The van der Waals surface area contributed by atoms with Crippen molar-refractivity contribution in [2.75, 3.05) is 7.11 Å². The number of benzene rings is 2. The molecule has 0 amide bonds. The zero-order valence-corrected chi connectivity index (χ0v) is 13.7. The van der Waals surface area contributed by atoms with Crippen LogP contribution in [0.15, 0.2) is 54.6 Å². The normalized spacial score (nSPS) is 18.2. The zero-order chi connectivity index (χ0) is 18.3. The fraction of sp³-hybridized carbons (Fsp3) is 0.150. The molecule has 0 N–H and O–H groups in total. The molecule has 0 saturated heterocycles. The SMILES string of the molecule is COC1O/C(=C\c2ccccc2C(F)(F)F)c2nc3ccccc3cc21. The van der Waals surface area contributed by atoms with Gasteiger partial charge in [0.05, 0.1) is 16.6 Å². The molecule has 1 aliphatic rings. The lowest BCUT2D eigenvalue weighted by Crippen LogP contribution is -2.07. The third-order valence-electron chi connectivity index (χ3n) is 4.24. The maximum absolute atomic E-state index is 13.3. The van der Waals surface area contributed by atoms with E-state index in [4.69, 9.17) is 9.47 Å². The van der Waals surface area contributed by atoms with E-state index < -0.39 is 18.0 Å².